The Hall–Kier alpha value is -1.50. The van der Waals surface area contributed by atoms with E-state index in [2.05, 4.69) is 37.4 Å². The molecule has 0 saturated heterocycles. The average Bonchev–Trinajstić information content (AvgIpc) is 2.24. The van der Waals surface area contributed by atoms with Crippen LogP contribution in [-0.2, 0) is 17.8 Å². The van der Waals surface area contributed by atoms with Gasteiger partial charge in [0.2, 0.25) is 0 Å². The molecule has 0 radical (unpaired) electrons. The molecule has 0 aromatic heterocycles. The van der Waals surface area contributed by atoms with Gasteiger partial charge in [-0.15, -0.1) is 6.58 Å². The lowest BCUT2D eigenvalue weighted by molar-refractivity contribution is 0.237. The van der Waals surface area contributed by atoms with Crippen LogP contribution < -0.4 is 0 Å². The van der Waals surface area contributed by atoms with Crippen molar-refractivity contribution in [1.29, 1.82) is 0 Å². The summed E-state index contributed by atoms with van der Waals surface area (Å²) in [6.07, 6.45) is 5.47. The summed E-state index contributed by atoms with van der Waals surface area (Å²) >= 11 is 0. The van der Waals surface area contributed by atoms with Crippen molar-refractivity contribution in [3.63, 3.8) is 0 Å². The first-order chi connectivity index (χ1) is 6.86. The first-order valence-corrected chi connectivity index (χ1v) is 4.78. The molecule has 0 fully saturated rings. The van der Waals surface area contributed by atoms with Crippen molar-refractivity contribution in [1.82, 2.24) is 0 Å². The molecule has 0 unspecified atom stereocenters. The highest BCUT2D eigenvalue weighted by Gasteiger charge is 1.94. The third kappa shape index (κ3) is 3.48. The molecule has 0 aliphatic heterocycles. The zero-order valence-corrected chi connectivity index (χ0v) is 8.41. The molecule has 0 aliphatic rings. The summed E-state index contributed by atoms with van der Waals surface area (Å²) in [7, 11) is 0. The first-order valence-electron chi connectivity index (χ1n) is 4.78. The monoisotopic (exact) mass is 188 g/mol. The molecule has 0 heterocycles. The Labute approximate surface area is 85.7 Å². The second-order valence-electron chi connectivity index (χ2n) is 3.12. The number of aryl methyl sites for hydroxylation is 1. The standard InChI is InChI=1S/C13H16O/c1-3-5-7-12-8-6-9-13(10-12)11-14-4-2/h3-4,6,8-10H,1-2,5,7,11H2. The van der Waals surface area contributed by atoms with Crippen molar-refractivity contribution in [2.45, 2.75) is 19.4 Å². The number of rotatable bonds is 6. The second kappa shape index (κ2) is 6.03. The van der Waals surface area contributed by atoms with Crippen molar-refractivity contribution in [3.8, 4) is 0 Å². The van der Waals surface area contributed by atoms with Crippen LogP contribution in [0.4, 0.5) is 0 Å². The van der Waals surface area contributed by atoms with Gasteiger partial charge in [0.05, 0.1) is 6.26 Å². The van der Waals surface area contributed by atoms with Gasteiger partial charge >= 0.3 is 0 Å². The summed E-state index contributed by atoms with van der Waals surface area (Å²) in [5.41, 5.74) is 2.52. The van der Waals surface area contributed by atoms with Gasteiger partial charge < -0.3 is 4.74 Å². The largest absolute Gasteiger partial charge is 0.497 e. The summed E-state index contributed by atoms with van der Waals surface area (Å²) in [5, 5.41) is 0. The molecule has 1 nitrogen and oxygen atoms in total. The van der Waals surface area contributed by atoms with E-state index in [1.165, 1.54) is 17.4 Å². The summed E-state index contributed by atoms with van der Waals surface area (Å²) in [5.74, 6) is 0. The molecule has 74 valence electrons. The highest BCUT2D eigenvalue weighted by molar-refractivity contribution is 5.23. The first kappa shape index (κ1) is 10.6. The minimum absolute atomic E-state index is 0.603. The average molecular weight is 188 g/mol. The van der Waals surface area contributed by atoms with Gasteiger partial charge in [-0.3, -0.25) is 0 Å². The van der Waals surface area contributed by atoms with Crippen LogP contribution in [0.3, 0.4) is 0 Å². The van der Waals surface area contributed by atoms with E-state index in [-0.39, 0.29) is 0 Å². The van der Waals surface area contributed by atoms with Crippen LogP contribution in [0.15, 0.2) is 49.8 Å². The topological polar surface area (TPSA) is 9.23 Å². The fourth-order valence-corrected chi connectivity index (χ4v) is 1.30. The predicted octanol–water partition coefficient (Wildman–Crippen LogP) is 3.47. The van der Waals surface area contributed by atoms with E-state index in [4.69, 9.17) is 4.74 Å². The predicted molar refractivity (Wildman–Crippen MR) is 59.9 cm³/mol. The van der Waals surface area contributed by atoms with Crippen molar-refractivity contribution in [2.75, 3.05) is 0 Å². The molecule has 0 spiro atoms. The Bertz CT molecular complexity index is 275. The van der Waals surface area contributed by atoms with E-state index >= 15 is 0 Å². The third-order valence-corrected chi connectivity index (χ3v) is 2.00. The van der Waals surface area contributed by atoms with Gasteiger partial charge in [0.25, 0.3) is 0 Å². The van der Waals surface area contributed by atoms with Gasteiger partial charge in [0.1, 0.15) is 6.61 Å². The van der Waals surface area contributed by atoms with Gasteiger partial charge in [-0.25, -0.2) is 0 Å². The molecule has 0 amide bonds. The SMILES string of the molecule is C=CCCc1cccc(COC=C)c1. The molecule has 1 aromatic carbocycles. The van der Waals surface area contributed by atoms with Gasteiger partial charge in [-0.2, -0.15) is 0 Å². The molecular formula is C13H16O. The molecule has 0 N–H and O–H groups in total. The number of hydrogen-bond donors (Lipinski definition) is 0. The van der Waals surface area contributed by atoms with Crippen LogP contribution in [0.5, 0.6) is 0 Å². The molecule has 0 atom stereocenters. The second-order valence-corrected chi connectivity index (χ2v) is 3.12. The molecular weight excluding hydrogens is 172 g/mol. The maximum absolute atomic E-state index is 5.12. The van der Waals surface area contributed by atoms with Gasteiger partial charge in [0.15, 0.2) is 0 Å². The number of benzene rings is 1. The Morgan fingerprint density at radius 1 is 1.21 bits per heavy atom. The summed E-state index contributed by atoms with van der Waals surface area (Å²) in [4.78, 5) is 0. The van der Waals surface area contributed by atoms with Crippen molar-refractivity contribution >= 4 is 0 Å². The van der Waals surface area contributed by atoms with Gasteiger partial charge in [-0.05, 0) is 24.0 Å². The molecule has 1 heteroatoms. The Kier molecular flexibility index (Phi) is 4.56. The van der Waals surface area contributed by atoms with Crippen LogP contribution in [0, 0.1) is 0 Å². The maximum Gasteiger partial charge on any atom is 0.112 e. The van der Waals surface area contributed by atoms with E-state index in [1.807, 2.05) is 6.08 Å². The van der Waals surface area contributed by atoms with Crippen LogP contribution in [0.2, 0.25) is 0 Å². The van der Waals surface area contributed by atoms with E-state index in [9.17, 15) is 0 Å². The number of ether oxygens (including phenoxy) is 1. The Balaban J connectivity index is 2.58. The normalized spacial score (nSPS) is 9.43. The Morgan fingerprint density at radius 3 is 2.71 bits per heavy atom. The number of hydrogen-bond acceptors (Lipinski definition) is 1. The van der Waals surface area contributed by atoms with Crippen molar-refractivity contribution in [3.05, 3.63) is 60.9 Å². The molecule has 0 aliphatic carbocycles. The van der Waals surface area contributed by atoms with Crippen LogP contribution >= 0.6 is 0 Å². The minimum atomic E-state index is 0.603. The lowest BCUT2D eigenvalue weighted by Crippen LogP contribution is -1.89. The third-order valence-electron chi connectivity index (χ3n) is 2.00. The van der Waals surface area contributed by atoms with E-state index in [1.54, 1.807) is 0 Å². The minimum Gasteiger partial charge on any atom is -0.497 e. The molecule has 0 bridgehead atoms. The fourth-order valence-electron chi connectivity index (χ4n) is 1.30. The zero-order chi connectivity index (χ0) is 10.2. The zero-order valence-electron chi connectivity index (χ0n) is 8.41. The summed E-state index contributed by atoms with van der Waals surface area (Å²) < 4.78 is 5.12. The van der Waals surface area contributed by atoms with Crippen molar-refractivity contribution < 1.29 is 4.74 Å². The molecule has 0 saturated carbocycles. The lowest BCUT2D eigenvalue weighted by Gasteiger charge is -2.03. The van der Waals surface area contributed by atoms with Gasteiger partial charge in [0, 0.05) is 0 Å². The van der Waals surface area contributed by atoms with Crippen LogP contribution in [-0.4, -0.2) is 0 Å². The molecule has 1 aromatic rings. The fraction of sp³-hybridized carbons (Fsp3) is 0.231. The quantitative estimate of drug-likeness (QED) is 0.490. The summed E-state index contributed by atoms with van der Waals surface area (Å²) in [6.45, 7) is 7.82. The highest BCUT2D eigenvalue weighted by Crippen LogP contribution is 2.09. The van der Waals surface area contributed by atoms with E-state index in [0.29, 0.717) is 6.61 Å². The van der Waals surface area contributed by atoms with Gasteiger partial charge in [-0.1, -0.05) is 36.9 Å². The lowest BCUT2D eigenvalue weighted by atomic mass is 10.1. The smallest absolute Gasteiger partial charge is 0.112 e. The Morgan fingerprint density at radius 2 is 2.00 bits per heavy atom. The van der Waals surface area contributed by atoms with Crippen molar-refractivity contribution in [2.24, 2.45) is 0 Å². The summed E-state index contributed by atoms with van der Waals surface area (Å²) in [6, 6.07) is 8.40. The highest BCUT2D eigenvalue weighted by atomic mass is 16.5. The van der Waals surface area contributed by atoms with Crippen LogP contribution in [0.25, 0.3) is 0 Å². The molecule has 14 heavy (non-hydrogen) atoms. The van der Waals surface area contributed by atoms with E-state index in [0.717, 1.165) is 12.8 Å². The molecule has 1 rings (SSSR count). The maximum atomic E-state index is 5.12. The van der Waals surface area contributed by atoms with Crippen LogP contribution in [0.1, 0.15) is 17.5 Å². The van der Waals surface area contributed by atoms with E-state index < -0.39 is 0 Å². The number of allylic oxidation sites excluding steroid dienone is 1.